The van der Waals surface area contributed by atoms with E-state index in [0.717, 1.165) is 19.4 Å². The second-order valence-electron chi connectivity index (χ2n) is 4.41. The molecule has 0 spiro atoms. The fourth-order valence-electron chi connectivity index (χ4n) is 2.62. The average molecular weight is 205 g/mol. The second-order valence-corrected chi connectivity index (χ2v) is 4.41. The fourth-order valence-corrected chi connectivity index (χ4v) is 2.62. The van der Waals surface area contributed by atoms with E-state index in [1.807, 2.05) is 7.98 Å². The van der Waals surface area contributed by atoms with Gasteiger partial charge in [-0.1, -0.05) is 23.8 Å². The summed E-state index contributed by atoms with van der Waals surface area (Å²) < 4.78 is 0. The van der Waals surface area contributed by atoms with E-state index in [1.165, 1.54) is 5.57 Å². The Bertz CT molecular complexity index is 325. The lowest BCUT2D eigenvalue weighted by Crippen LogP contribution is -2.46. The van der Waals surface area contributed by atoms with Crippen LogP contribution in [0.25, 0.3) is 0 Å². The predicted molar refractivity (Wildman–Crippen MR) is 61.2 cm³/mol. The van der Waals surface area contributed by atoms with Crippen molar-refractivity contribution in [1.82, 2.24) is 4.81 Å². The monoisotopic (exact) mass is 205 g/mol. The number of fused-ring (bicyclic) bond motifs is 1. The van der Waals surface area contributed by atoms with E-state index in [0.29, 0.717) is 5.92 Å². The zero-order chi connectivity index (χ0) is 10.8. The van der Waals surface area contributed by atoms with Crippen LogP contribution in [0, 0.1) is 5.92 Å². The van der Waals surface area contributed by atoms with E-state index >= 15 is 0 Å². The van der Waals surface area contributed by atoms with Crippen LogP contribution in [-0.2, 0) is 4.79 Å². The molecule has 1 saturated heterocycles. The van der Waals surface area contributed by atoms with E-state index < -0.39 is 5.97 Å². The third-order valence-electron chi connectivity index (χ3n) is 3.48. The van der Waals surface area contributed by atoms with Gasteiger partial charge >= 0.3 is 5.97 Å². The number of carboxylic acids is 1. The fraction of sp³-hybridized carbons (Fsp3) is 0.545. The highest BCUT2D eigenvalue weighted by atomic mass is 16.4. The highest BCUT2D eigenvalue weighted by Crippen LogP contribution is 2.34. The van der Waals surface area contributed by atoms with E-state index in [-0.39, 0.29) is 12.5 Å². The Kier molecular flexibility index (Phi) is 2.96. The van der Waals surface area contributed by atoms with Crippen molar-refractivity contribution in [3.05, 3.63) is 23.8 Å². The van der Waals surface area contributed by atoms with Gasteiger partial charge in [0, 0.05) is 6.04 Å². The Morgan fingerprint density at radius 3 is 3.20 bits per heavy atom. The Hall–Kier alpha value is -1.03. The van der Waals surface area contributed by atoms with Crippen molar-refractivity contribution in [2.24, 2.45) is 5.92 Å². The highest BCUT2D eigenvalue weighted by Gasteiger charge is 2.33. The van der Waals surface area contributed by atoms with Crippen molar-refractivity contribution in [3.63, 3.8) is 0 Å². The molecule has 2 rings (SSSR count). The van der Waals surface area contributed by atoms with E-state index in [9.17, 15) is 4.79 Å². The van der Waals surface area contributed by atoms with Crippen LogP contribution >= 0.6 is 0 Å². The second kappa shape index (κ2) is 4.23. The lowest BCUT2D eigenvalue weighted by Gasteiger charge is -2.41. The zero-order valence-corrected chi connectivity index (χ0v) is 9.02. The van der Waals surface area contributed by atoms with Crippen LogP contribution in [0.15, 0.2) is 23.8 Å². The molecule has 0 aromatic rings. The number of rotatable bonds is 2. The SMILES string of the molecule is BN1CCC2=CC=CCC2C1CC(=O)O. The summed E-state index contributed by atoms with van der Waals surface area (Å²) in [5, 5.41) is 8.91. The maximum Gasteiger partial charge on any atom is 0.304 e. The zero-order valence-electron chi connectivity index (χ0n) is 9.02. The number of hydrogen-bond acceptors (Lipinski definition) is 2. The van der Waals surface area contributed by atoms with Gasteiger partial charge < -0.3 is 9.92 Å². The molecule has 2 atom stereocenters. The van der Waals surface area contributed by atoms with Gasteiger partial charge in [0.1, 0.15) is 0 Å². The summed E-state index contributed by atoms with van der Waals surface area (Å²) in [5.41, 5.74) is 1.43. The molecule has 4 heteroatoms. The summed E-state index contributed by atoms with van der Waals surface area (Å²) in [6.07, 6.45) is 8.73. The van der Waals surface area contributed by atoms with Gasteiger partial charge in [0.05, 0.1) is 6.42 Å². The third kappa shape index (κ3) is 2.15. The first-order valence-electron chi connectivity index (χ1n) is 5.46. The van der Waals surface area contributed by atoms with Gasteiger partial charge in [-0.3, -0.25) is 4.79 Å². The molecule has 0 saturated carbocycles. The first-order chi connectivity index (χ1) is 7.18. The molecule has 80 valence electrons. The van der Waals surface area contributed by atoms with Crippen LogP contribution in [0.3, 0.4) is 0 Å². The molecular formula is C11H16BNO2. The van der Waals surface area contributed by atoms with Crippen molar-refractivity contribution in [2.45, 2.75) is 25.3 Å². The maximum atomic E-state index is 10.8. The molecule has 1 aliphatic heterocycles. The molecule has 1 aliphatic carbocycles. The molecule has 0 aromatic heterocycles. The van der Waals surface area contributed by atoms with Crippen molar-refractivity contribution >= 4 is 14.0 Å². The smallest absolute Gasteiger partial charge is 0.304 e. The molecule has 2 unspecified atom stereocenters. The minimum absolute atomic E-state index is 0.174. The van der Waals surface area contributed by atoms with Gasteiger partial charge in [0.2, 0.25) is 0 Å². The van der Waals surface area contributed by atoms with Crippen LogP contribution < -0.4 is 0 Å². The lowest BCUT2D eigenvalue weighted by atomic mass is 9.77. The molecule has 15 heavy (non-hydrogen) atoms. The number of piperidine rings is 1. The summed E-state index contributed by atoms with van der Waals surface area (Å²) in [4.78, 5) is 13.0. The van der Waals surface area contributed by atoms with Gasteiger partial charge in [-0.15, -0.1) is 0 Å². The van der Waals surface area contributed by atoms with Gasteiger partial charge in [0.25, 0.3) is 0 Å². The van der Waals surface area contributed by atoms with Crippen LogP contribution in [0.1, 0.15) is 19.3 Å². The standard InChI is InChI=1S/C11H16BNO2/c12-13-6-5-8-3-1-2-4-9(8)10(13)7-11(14)15/h1-3,9-10H,4-7,12H2,(H,14,15). The summed E-state index contributed by atoms with van der Waals surface area (Å²) in [6.45, 7) is 0.980. The van der Waals surface area contributed by atoms with Crippen molar-refractivity contribution in [2.75, 3.05) is 6.54 Å². The van der Waals surface area contributed by atoms with Gasteiger partial charge in [-0.2, -0.15) is 0 Å². The summed E-state index contributed by atoms with van der Waals surface area (Å²) >= 11 is 0. The first-order valence-corrected chi connectivity index (χ1v) is 5.46. The molecule has 2 aliphatic rings. The molecule has 0 bridgehead atoms. The third-order valence-corrected chi connectivity index (χ3v) is 3.48. The molecule has 3 nitrogen and oxygen atoms in total. The van der Waals surface area contributed by atoms with Crippen molar-refractivity contribution in [1.29, 1.82) is 0 Å². The molecule has 1 heterocycles. The number of carbonyl (C=O) groups is 1. The normalized spacial score (nSPS) is 30.8. The van der Waals surface area contributed by atoms with Crippen molar-refractivity contribution < 1.29 is 9.90 Å². The van der Waals surface area contributed by atoms with E-state index in [1.54, 1.807) is 0 Å². The summed E-state index contributed by atoms with van der Waals surface area (Å²) in [6, 6.07) is 0.174. The quantitative estimate of drug-likeness (QED) is 0.670. The van der Waals surface area contributed by atoms with Crippen LogP contribution in [0.5, 0.6) is 0 Å². The molecule has 0 radical (unpaired) electrons. The molecular weight excluding hydrogens is 189 g/mol. The van der Waals surface area contributed by atoms with E-state index in [2.05, 4.69) is 23.0 Å². The average Bonchev–Trinajstić information content (AvgIpc) is 2.22. The summed E-state index contributed by atoms with van der Waals surface area (Å²) in [5.74, 6) is -0.271. The number of aliphatic carboxylic acids is 1. The first kappa shape index (κ1) is 10.5. The van der Waals surface area contributed by atoms with Crippen molar-refractivity contribution in [3.8, 4) is 0 Å². The molecule has 1 fully saturated rings. The van der Waals surface area contributed by atoms with Gasteiger partial charge in [-0.25, -0.2) is 0 Å². The van der Waals surface area contributed by atoms with E-state index in [4.69, 9.17) is 5.11 Å². The maximum absolute atomic E-state index is 10.8. The minimum Gasteiger partial charge on any atom is -0.481 e. The Morgan fingerprint density at radius 2 is 2.47 bits per heavy atom. The Labute approximate surface area is 90.9 Å². The highest BCUT2D eigenvalue weighted by molar-refractivity contribution is 6.04. The number of carboxylic acid groups (broad SMARTS) is 1. The molecule has 1 N–H and O–H groups in total. The predicted octanol–water partition coefficient (Wildman–Crippen LogP) is 0.586. The van der Waals surface area contributed by atoms with Crippen LogP contribution in [0.4, 0.5) is 0 Å². The Morgan fingerprint density at radius 1 is 1.67 bits per heavy atom. The number of nitrogens with zero attached hydrogens (tertiary/aromatic N) is 1. The lowest BCUT2D eigenvalue weighted by molar-refractivity contribution is -0.138. The number of hydrogen-bond donors (Lipinski definition) is 1. The number of allylic oxidation sites excluding steroid dienone is 3. The largest absolute Gasteiger partial charge is 0.481 e. The van der Waals surface area contributed by atoms with Gasteiger partial charge in [0.15, 0.2) is 7.98 Å². The Balaban J connectivity index is 2.15. The van der Waals surface area contributed by atoms with Crippen LogP contribution in [-0.4, -0.2) is 36.5 Å². The molecule has 0 amide bonds. The minimum atomic E-state index is -0.692. The van der Waals surface area contributed by atoms with Gasteiger partial charge in [-0.05, 0) is 25.3 Å². The summed E-state index contributed by atoms with van der Waals surface area (Å²) in [7, 11) is 2.03. The van der Waals surface area contributed by atoms with Crippen LogP contribution in [0.2, 0.25) is 0 Å². The molecule has 0 aromatic carbocycles. The topological polar surface area (TPSA) is 40.5 Å².